The van der Waals surface area contributed by atoms with Crippen LogP contribution in [0.3, 0.4) is 0 Å². The second kappa shape index (κ2) is 22.5. The quantitative estimate of drug-likeness (QED) is 0.166. The molecule has 0 heterocycles. The molecule has 3 N–H and O–H groups in total. The summed E-state index contributed by atoms with van der Waals surface area (Å²) in [6, 6.07) is -0.303. The van der Waals surface area contributed by atoms with Gasteiger partial charge in [-0.3, -0.25) is 0 Å². The predicted molar refractivity (Wildman–Crippen MR) is 120 cm³/mol. The van der Waals surface area contributed by atoms with E-state index in [-0.39, 0.29) is 12.6 Å². The molecule has 0 saturated carbocycles. The molecular weight excluding hydrogens is 350 g/mol. The summed E-state index contributed by atoms with van der Waals surface area (Å²) in [5.74, 6) is 0. The summed E-state index contributed by atoms with van der Waals surface area (Å²) in [5, 5.41) is 20.1. The van der Waals surface area contributed by atoms with Crippen molar-refractivity contribution < 1.29 is 15.0 Å². The van der Waals surface area contributed by atoms with Crippen molar-refractivity contribution >= 4 is 6.09 Å². The number of nitrogens with one attached hydrogen (secondary N) is 1. The van der Waals surface area contributed by atoms with Crippen molar-refractivity contribution in [2.24, 2.45) is 0 Å². The van der Waals surface area contributed by atoms with E-state index in [1.165, 1.54) is 109 Å². The number of hydrogen-bond donors (Lipinski definition) is 3. The number of rotatable bonds is 22. The van der Waals surface area contributed by atoms with Gasteiger partial charge in [-0.15, -0.1) is 0 Å². The highest BCUT2D eigenvalue weighted by atomic mass is 16.4. The minimum Gasteiger partial charge on any atom is -0.465 e. The lowest BCUT2D eigenvalue weighted by Crippen LogP contribution is -2.36. The third kappa shape index (κ3) is 21.5. The van der Waals surface area contributed by atoms with E-state index >= 15 is 0 Å². The number of hydrogen-bond acceptors (Lipinski definition) is 2. The van der Waals surface area contributed by atoms with Crippen LogP contribution in [0.4, 0.5) is 4.79 Å². The number of aliphatic hydroxyl groups is 1. The van der Waals surface area contributed by atoms with Gasteiger partial charge in [0.25, 0.3) is 0 Å². The lowest BCUT2D eigenvalue weighted by atomic mass is 10.0. The van der Waals surface area contributed by atoms with Crippen LogP contribution in [0.1, 0.15) is 135 Å². The standard InChI is InChI=1S/C24H49NO3/c1-2-3-4-5-6-7-8-9-10-11-12-13-14-15-16-17-18-19-20-21-23(22-26)25-24(27)28/h23,25-26H,2-22H2,1H3,(H,27,28). The van der Waals surface area contributed by atoms with Crippen molar-refractivity contribution in [2.75, 3.05) is 6.61 Å². The summed E-state index contributed by atoms with van der Waals surface area (Å²) in [4.78, 5) is 10.5. The Morgan fingerprint density at radius 1 is 0.643 bits per heavy atom. The van der Waals surface area contributed by atoms with Crippen molar-refractivity contribution in [3.8, 4) is 0 Å². The molecule has 1 atom stereocenters. The second-order valence-corrected chi connectivity index (χ2v) is 8.48. The number of amides is 1. The second-order valence-electron chi connectivity index (χ2n) is 8.48. The minimum atomic E-state index is -1.04. The Labute approximate surface area is 174 Å². The molecule has 0 saturated heterocycles. The number of carbonyl (C=O) groups is 1. The van der Waals surface area contributed by atoms with Gasteiger partial charge >= 0.3 is 6.09 Å². The average Bonchev–Trinajstić information content (AvgIpc) is 2.68. The third-order valence-electron chi connectivity index (χ3n) is 5.70. The highest BCUT2D eigenvalue weighted by Gasteiger charge is 2.09. The summed E-state index contributed by atoms with van der Waals surface area (Å²) in [6.07, 6.45) is 25.5. The molecule has 0 aromatic rings. The van der Waals surface area contributed by atoms with Gasteiger partial charge in [-0.2, -0.15) is 0 Å². The Morgan fingerprint density at radius 3 is 1.25 bits per heavy atom. The molecule has 1 unspecified atom stereocenters. The zero-order valence-electron chi connectivity index (χ0n) is 18.7. The first-order chi connectivity index (χ1) is 13.7. The Hall–Kier alpha value is -0.770. The number of unbranched alkanes of at least 4 members (excludes halogenated alkanes) is 18. The molecule has 0 aromatic carbocycles. The topological polar surface area (TPSA) is 69.6 Å². The molecule has 0 aliphatic rings. The molecule has 0 aliphatic carbocycles. The number of aliphatic hydroxyl groups excluding tert-OH is 1. The van der Waals surface area contributed by atoms with Crippen LogP contribution >= 0.6 is 0 Å². The van der Waals surface area contributed by atoms with E-state index in [1.807, 2.05) is 0 Å². The molecule has 0 aliphatic heterocycles. The van der Waals surface area contributed by atoms with E-state index in [0.717, 1.165) is 19.3 Å². The van der Waals surface area contributed by atoms with E-state index in [9.17, 15) is 4.79 Å². The van der Waals surface area contributed by atoms with Crippen molar-refractivity contribution in [1.29, 1.82) is 0 Å². The van der Waals surface area contributed by atoms with E-state index in [1.54, 1.807) is 0 Å². The molecule has 0 bridgehead atoms. The zero-order chi connectivity index (χ0) is 20.7. The van der Waals surface area contributed by atoms with Gasteiger partial charge < -0.3 is 15.5 Å². The van der Waals surface area contributed by atoms with Crippen LogP contribution in [0.25, 0.3) is 0 Å². The van der Waals surface area contributed by atoms with Crippen molar-refractivity contribution in [3.63, 3.8) is 0 Å². The molecule has 0 rings (SSSR count). The first kappa shape index (κ1) is 27.2. The van der Waals surface area contributed by atoms with Crippen molar-refractivity contribution in [3.05, 3.63) is 0 Å². The third-order valence-corrected chi connectivity index (χ3v) is 5.70. The summed E-state index contributed by atoms with van der Waals surface area (Å²) >= 11 is 0. The maximum absolute atomic E-state index is 10.5. The van der Waals surface area contributed by atoms with Gasteiger partial charge in [0.05, 0.1) is 12.6 Å². The lowest BCUT2D eigenvalue weighted by molar-refractivity contribution is 0.174. The molecule has 1 amide bonds. The fourth-order valence-electron chi connectivity index (χ4n) is 3.85. The largest absolute Gasteiger partial charge is 0.465 e. The highest BCUT2D eigenvalue weighted by molar-refractivity contribution is 5.64. The minimum absolute atomic E-state index is 0.106. The van der Waals surface area contributed by atoms with Crippen LogP contribution < -0.4 is 5.32 Å². The first-order valence-electron chi connectivity index (χ1n) is 12.3. The molecule has 168 valence electrons. The van der Waals surface area contributed by atoms with Crippen molar-refractivity contribution in [2.45, 2.75) is 141 Å². The molecule has 0 spiro atoms. The van der Waals surface area contributed by atoms with Gasteiger partial charge in [-0.05, 0) is 6.42 Å². The van der Waals surface area contributed by atoms with Gasteiger partial charge in [-0.1, -0.05) is 129 Å². The summed E-state index contributed by atoms with van der Waals surface area (Å²) in [5.41, 5.74) is 0. The maximum Gasteiger partial charge on any atom is 0.404 e. The van der Waals surface area contributed by atoms with Crippen LogP contribution in [0, 0.1) is 0 Å². The van der Waals surface area contributed by atoms with Crippen molar-refractivity contribution in [1.82, 2.24) is 5.32 Å². The fourth-order valence-corrected chi connectivity index (χ4v) is 3.85. The summed E-state index contributed by atoms with van der Waals surface area (Å²) in [6.45, 7) is 2.17. The molecule has 0 fully saturated rings. The van der Waals surface area contributed by atoms with E-state index in [0.29, 0.717) is 0 Å². The summed E-state index contributed by atoms with van der Waals surface area (Å²) in [7, 11) is 0. The van der Waals surface area contributed by atoms with Gasteiger partial charge in [0.2, 0.25) is 0 Å². The maximum atomic E-state index is 10.5. The van der Waals surface area contributed by atoms with Crippen LogP contribution in [0.5, 0.6) is 0 Å². The average molecular weight is 400 g/mol. The molecular formula is C24H49NO3. The van der Waals surface area contributed by atoms with Gasteiger partial charge in [-0.25, -0.2) is 4.79 Å². The normalized spacial score (nSPS) is 12.2. The first-order valence-corrected chi connectivity index (χ1v) is 12.3. The van der Waals surface area contributed by atoms with Crippen LogP contribution in [-0.2, 0) is 0 Å². The predicted octanol–water partition coefficient (Wildman–Crippen LogP) is 7.44. The van der Waals surface area contributed by atoms with Crippen LogP contribution in [-0.4, -0.2) is 29.0 Å². The SMILES string of the molecule is CCCCCCCCCCCCCCCCCCCCCC(CO)NC(=O)O. The van der Waals surface area contributed by atoms with E-state index in [2.05, 4.69) is 12.2 Å². The summed E-state index contributed by atoms with van der Waals surface area (Å²) < 4.78 is 0. The molecule has 28 heavy (non-hydrogen) atoms. The zero-order valence-corrected chi connectivity index (χ0v) is 18.7. The van der Waals surface area contributed by atoms with Crippen LogP contribution in [0.15, 0.2) is 0 Å². The molecule has 0 aromatic heterocycles. The Bertz CT molecular complexity index is 323. The Morgan fingerprint density at radius 2 is 0.964 bits per heavy atom. The fraction of sp³-hybridized carbons (Fsp3) is 0.958. The molecule has 4 heteroatoms. The molecule has 0 radical (unpaired) electrons. The number of carboxylic acid groups (broad SMARTS) is 1. The highest BCUT2D eigenvalue weighted by Crippen LogP contribution is 2.15. The smallest absolute Gasteiger partial charge is 0.404 e. The van der Waals surface area contributed by atoms with Crippen LogP contribution in [0.2, 0.25) is 0 Å². The van der Waals surface area contributed by atoms with Gasteiger partial charge in [0, 0.05) is 0 Å². The Balaban J connectivity index is 3.13. The Kier molecular flexibility index (Phi) is 21.9. The lowest BCUT2D eigenvalue weighted by Gasteiger charge is -2.13. The van der Waals surface area contributed by atoms with Gasteiger partial charge in [0.15, 0.2) is 0 Å². The molecule has 4 nitrogen and oxygen atoms in total. The monoisotopic (exact) mass is 399 g/mol. The van der Waals surface area contributed by atoms with E-state index in [4.69, 9.17) is 10.2 Å². The van der Waals surface area contributed by atoms with E-state index < -0.39 is 6.09 Å². The van der Waals surface area contributed by atoms with Gasteiger partial charge in [0.1, 0.15) is 0 Å².